The van der Waals surface area contributed by atoms with Crippen LogP contribution in [0.3, 0.4) is 0 Å². The highest BCUT2D eigenvalue weighted by Gasteiger charge is 2.10. The molecule has 0 amide bonds. The second-order valence-corrected chi connectivity index (χ2v) is 4.45. The van der Waals surface area contributed by atoms with E-state index >= 15 is 0 Å². The van der Waals surface area contributed by atoms with Gasteiger partial charge in [-0.1, -0.05) is 37.3 Å². The lowest BCUT2D eigenvalue weighted by Crippen LogP contribution is -2.35. The Morgan fingerprint density at radius 2 is 1.89 bits per heavy atom. The minimum atomic E-state index is -0.359. The fourth-order valence-electron chi connectivity index (χ4n) is 2.17. The van der Waals surface area contributed by atoms with Crippen molar-refractivity contribution in [1.29, 1.82) is 0 Å². The van der Waals surface area contributed by atoms with Crippen LogP contribution in [-0.2, 0) is 11.2 Å². The summed E-state index contributed by atoms with van der Waals surface area (Å²) >= 11 is 0. The molecule has 3 nitrogen and oxygen atoms in total. The number of aryl methyl sites for hydroxylation is 1. The fraction of sp³-hybridized carbons (Fsp3) is 0.188. The molecule has 0 aliphatic carbocycles. The summed E-state index contributed by atoms with van der Waals surface area (Å²) in [6.45, 7) is 2.14. The van der Waals surface area contributed by atoms with Crippen molar-refractivity contribution in [3.05, 3.63) is 64.7 Å². The van der Waals surface area contributed by atoms with E-state index in [0.717, 1.165) is 22.7 Å². The second kappa shape index (κ2) is 5.14. The number of hydrogen-bond donors (Lipinski definition) is 1. The first kappa shape index (κ1) is 11.8. The monoisotopic (exact) mass is 252 g/mol. The number of anilines is 1. The van der Waals surface area contributed by atoms with Gasteiger partial charge in [0, 0.05) is 10.9 Å². The zero-order chi connectivity index (χ0) is 13.1. The number of para-hydroxylation sites is 2. The molecule has 96 valence electrons. The van der Waals surface area contributed by atoms with Gasteiger partial charge in [-0.15, -0.1) is 0 Å². The van der Waals surface area contributed by atoms with Crippen molar-refractivity contribution >= 4 is 11.9 Å². The summed E-state index contributed by atoms with van der Waals surface area (Å²) in [6, 6.07) is 16.2. The number of rotatable bonds is 3. The maximum atomic E-state index is 5.61. The van der Waals surface area contributed by atoms with Gasteiger partial charge in [0.1, 0.15) is 0 Å². The van der Waals surface area contributed by atoms with E-state index in [2.05, 4.69) is 29.4 Å². The van der Waals surface area contributed by atoms with E-state index in [0.29, 0.717) is 0 Å². The molecule has 19 heavy (non-hydrogen) atoms. The summed E-state index contributed by atoms with van der Waals surface area (Å²) in [5.41, 5.74) is 2.34. The molecule has 1 unspecified atom stereocenters. The van der Waals surface area contributed by atoms with Crippen LogP contribution in [0.1, 0.15) is 12.5 Å². The Morgan fingerprint density at radius 3 is 2.79 bits per heavy atom. The topological polar surface area (TPSA) is 33.6 Å². The number of ether oxygens (including phenoxy) is 1. The van der Waals surface area contributed by atoms with Gasteiger partial charge in [-0.2, -0.15) is 0 Å². The van der Waals surface area contributed by atoms with Gasteiger partial charge in [0.05, 0.1) is 11.6 Å². The average molecular weight is 252 g/mol. The molecule has 2 aromatic carbocycles. The SMILES string of the molecule is CCc1ccccc1NC1N=c2ccccc2=CO1. The Balaban J connectivity index is 1.88. The van der Waals surface area contributed by atoms with E-state index in [9.17, 15) is 0 Å². The highest BCUT2D eigenvalue weighted by Crippen LogP contribution is 2.17. The van der Waals surface area contributed by atoms with Crippen molar-refractivity contribution < 1.29 is 4.74 Å². The third-order valence-corrected chi connectivity index (χ3v) is 3.19. The van der Waals surface area contributed by atoms with Crippen LogP contribution in [0.4, 0.5) is 5.69 Å². The molecule has 1 atom stereocenters. The summed E-state index contributed by atoms with van der Waals surface area (Å²) in [7, 11) is 0. The molecule has 0 fully saturated rings. The molecule has 2 aromatic rings. The molecular weight excluding hydrogens is 236 g/mol. The molecule has 1 aliphatic rings. The van der Waals surface area contributed by atoms with Crippen LogP contribution < -0.4 is 15.9 Å². The largest absolute Gasteiger partial charge is 0.458 e. The van der Waals surface area contributed by atoms with Crippen molar-refractivity contribution in [1.82, 2.24) is 0 Å². The van der Waals surface area contributed by atoms with E-state index in [1.807, 2.05) is 36.4 Å². The summed E-state index contributed by atoms with van der Waals surface area (Å²) in [4.78, 5) is 4.55. The minimum absolute atomic E-state index is 0.359. The van der Waals surface area contributed by atoms with Crippen LogP contribution >= 0.6 is 0 Å². The van der Waals surface area contributed by atoms with Crippen molar-refractivity contribution in [3.63, 3.8) is 0 Å². The van der Waals surface area contributed by atoms with Crippen LogP contribution in [0, 0.1) is 0 Å². The predicted molar refractivity (Wildman–Crippen MR) is 76.0 cm³/mol. The van der Waals surface area contributed by atoms with Gasteiger partial charge in [-0.05, 0) is 30.2 Å². The molecule has 0 saturated carbocycles. The molecule has 0 aromatic heterocycles. The van der Waals surface area contributed by atoms with Crippen molar-refractivity contribution in [2.45, 2.75) is 19.7 Å². The molecule has 1 N–H and O–H groups in total. The van der Waals surface area contributed by atoms with E-state index in [1.54, 1.807) is 6.26 Å². The normalized spacial score (nSPS) is 16.6. The van der Waals surface area contributed by atoms with Gasteiger partial charge in [-0.25, -0.2) is 4.99 Å². The third kappa shape index (κ3) is 2.45. The molecule has 1 heterocycles. The number of nitrogens with zero attached hydrogens (tertiary/aromatic N) is 1. The Labute approximate surface area is 112 Å². The molecule has 3 rings (SSSR count). The number of fused-ring (bicyclic) bond motifs is 1. The predicted octanol–water partition coefficient (Wildman–Crippen LogP) is 2.03. The summed E-state index contributed by atoms with van der Waals surface area (Å²) in [5, 5.41) is 5.30. The highest BCUT2D eigenvalue weighted by molar-refractivity contribution is 5.51. The Morgan fingerprint density at radius 1 is 1.11 bits per heavy atom. The molecule has 0 bridgehead atoms. The first-order valence-electron chi connectivity index (χ1n) is 6.50. The Bertz CT molecular complexity index is 694. The van der Waals surface area contributed by atoms with E-state index in [4.69, 9.17) is 4.74 Å². The zero-order valence-electron chi connectivity index (χ0n) is 10.8. The van der Waals surface area contributed by atoms with E-state index < -0.39 is 0 Å². The van der Waals surface area contributed by atoms with E-state index in [-0.39, 0.29) is 6.35 Å². The van der Waals surface area contributed by atoms with Crippen LogP contribution in [0.2, 0.25) is 0 Å². The molecule has 0 radical (unpaired) electrons. The molecule has 1 aliphatic heterocycles. The fourth-order valence-corrected chi connectivity index (χ4v) is 2.17. The van der Waals surface area contributed by atoms with Crippen molar-refractivity contribution in [3.8, 4) is 0 Å². The summed E-state index contributed by atoms with van der Waals surface area (Å²) in [6.07, 6.45) is 2.38. The molecular formula is C16H16N2O. The quantitative estimate of drug-likeness (QED) is 0.907. The van der Waals surface area contributed by atoms with Gasteiger partial charge < -0.3 is 10.1 Å². The number of benzene rings is 2. The van der Waals surface area contributed by atoms with Gasteiger partial charge >= 0.3 is 0 Å². The van der Waals surface area contributed by atoms with Crippen molar-refractivity contribution in [2.24, 2.45) is 4.99 Å². The average Bonchev–Trinajstić information content (AvgIpc) is 2.48. The van der Waals surface area contributed by atoms with Gasteiger partial charge in [0.2, 0.25) is 0 Å². The van der Waals surface area contributed by atoms with Crippen LogP contribution in [-0.4, -0.2) is 6.35 Å². The van der Waals surface area contributed by atoms with Crippen LogP contribution in [0.25, 0.3) is 6.26 Å². The van der Waals surface area contributed by atoms with Crippen molar-refractivity contribution in [2.75, 3.05) is 5.32 Å². The van der Waals surface area contributed by atoms with Gasteiger partial charge in [0.25, 0.3) is 6.35 Å². The minimum Gasteiger partial charge on any atom is -0.458 e. The second-order valence-electron chi connectivity index (χ2n) is 4.45. The summed E-state index contributed by atoms with van der Waals surface area (Å²) in [5.74, 6) is 0. The lowest BCUT2D eigenvalue weighted by atomic mass is 10.1. The van der Waals surface area contributed by atoms with Crippen LogP contribution in [0.5, 0.6) is 0 Å². The molecule has 0 spiro atoms. The molecule has 3 heteroatoms. The van der Waals surface area contributed by atoms with Crippen LogP contribution in [0.15, 0.2) is 53.5 Å². The van der Waals surface area contributed by atoms with Gasteiger partial charge in [-0.3, -0.25) is 0 Å². The highest BCUT2D eigenvalue weighted by atomic mass is 16.5. The standard InChI is InChI=1S/C16H16N2O/c1-2-12-7-3-5-9-14(12)17-16-18-15-10-6-4-8-13(15)11-19-16/h3-11,16-17H,2H2,1H3. The smallest absolute Gasteiger partial charge is 0.268 e. The number of nitrogens with one attached hydrogen (secondary N) is 1. The third-order valence-electron chi connectivity index (χ3n) is 3.19. The van der Waals surface area contributed by atoms with E-state index in [1.165, 1.54) is 5.56 Å². The first-order chi connectivity index (χ1) is 9.36. The maximum absolute atomic E-state index is 5.61. The zero-order valence-corrected chi connectivity index (χ0v) is 10.8. The van der Waals surface area contributed by atoms with Gasteiger partial charge in [0.15, 0.2) is 0 Å². The first-order valence-corrected chi connectivity index (χ1v) is 6.50. The Kier molecular flexibility index (Phi) is 3.19. The maximum Gasteiger partial charge on any atom is 0.268 e. The lowest BCUT2D eigenvalue weighted by Gasteiger charge is -2.19. The summed E-state index contributed by atoms with van der Waals surface area (Å²) < 4.78 is 5.61. The number of hydrogen-bond acceptors (Lipinski definition) is 3. The molecule has 0 saturated heterocycles. The Hall–Kier alpha value is -2.29. The lowest BCUT2D eigenvalue weighted by molar-refractivity contribution is 0.206.